The highest BCUT2D eigenvalue weighted by molar-refractivity contribution is 7.26. The van der Waals surface area contributed by atoms with Crippen molar-refractivity contribution in [2.45, 2.75) is 0 Å². The minimum atomic E-state index is 1.16. The van der Waals surface area contributed by atoms with Crippen molar-refractivity contribution in [3.05, 3.63) is 127 Å². The topological polar surface area (TPSA) is 3.24 Å². The molecule has 1 nitrogen and oxygen atoms in total. The number of rotatable bonds is 3. The van der Waals surface area contributed by atoms with Gasteiger partial charge in [-0.15, -0.1) is 22.7 Å². The maximum absolute atomic E-state index is 2.44. The fourth-order valence-electron chi connectivity index (χ4n) is 5.58. The van der Waals surface area contributed by atoms with Gasteiger partial charge in [-0.05, 0) is 59.3 Å². The van der Waals surface area contributed by atoms with Gasteiger partial charge < -0.3 is 4.90 Å². The Morgan fingerprint density at radius 2 is 1.08 bits per heavy atom. The van der Waals surface area contributed by atoms with Crippen LogP contribution in [0.5, 0.6) is 0 Å². The Morgan fingerprint density at radius 3 is 1.92 bits per heavy atom. The van der Waals surface area contributed by atoms with E-state index in [1.807, 2.05) is 22.7 Å². The van der Waals surface area contributed by atoms with Gasteiger partial charge in [0.15, 0.2) is 0 Å². The SMILES string of the molecule is c1ccc(N(c2ccc3sc4ccccc4c3c2)c2cc3ccccc3c3c2sc2ccccc23)cc1. The van der Waals surface area contributed by atoms with E-state index >= 15 is 0 Å². The van der Waals surface area contributed by atoms with E-state index in [0.717, 1.165) is 5.69 Å². The zero-order valence-corrected chi connectivity index (χ0v) is 21.5. The predicted octanol–water partition coefficient (Wildman–Crippen LogP) is 11.0. The Hall–Kier alpha value is -4.18. The molecule has 0 amide bonds. The van der Waals surface area contributed by atoms with Crippen LogP contribution in [0.3, 0.4) is 0 Å². The van der Waals surface area contributed by atoms with Crippen molar-refractivity contribution in [3.8, 4) is 0 Å². The number of anilines is 3. The third kappa shape index (κ3) is 3.21. The molecule has 3 heteroatoms. The maximum Gasteiger partial charge on any atom is 0.0646 e. The summed E-state index contributed by atoms with van der Waals surface area (Å²) in [6.07, 6.45) is 0. The van der Waals surface area contributed by atoms with Crippen LogP contribution in [0.2, 0.25) is 0 Å². The van der Waals surface area contributed by atoms with E-state index in [2.05, 4.69) is 132 Å². The molecule has 0 fully saturated rings. The van der Waals surface area contributed by atoms with Gasteiger partial charge in [0.05, 0.1) is 10.4 Å². The quantitative estimate of drug-likeness (QED) is 0.230. The first-order valence-corrected chi connectivity index (χ1v) is 14.1. The number of hydrogen-bond acceptors (Lipinski definition) is 3. The number of fused-ring (bicyclic) bond motifs is 8. The van der Waals surface area contributed by atoms with Gasteiger partial charge >= 0.3 is 0 Å². The monoisotopic (exact) mass is 507 g/mol. The van der Waals surface area contributed by atoms with Gasteiger partial charge in [0, 0.05) is 47.0 Å². The minimum absolute atomic E-state index is 1.16. The largest absolute Gasteiger partial charge is 0.309 e. The Balaban J connectivity index is 1.49. The zero-order valence-electron chi connectivity index (χ0n) is 19.9. The second kappa shape index (κ2) is 8.17. The summed E-state index contributed by atoms with van der Waals surface area (Å²) in [5.41, 5.74) is 3.56. The van der Waals surface area contributed by atoms with Crippen LogP contribution >= 0.6 is 22.7 Å². The first kappa shape index (κ1) is 21.0. The second-order valence-electron chi connectivity index (χ2n) is 9.37. The molecule has 174 valence electrons. The molecule has 0 saturated carbocycles. The normalized spacial score (nSPS) is 11.8. The molecular formula is C34H21NS2. The summed E-state index contributed by atoms with van der Waals surface area (Å²) in [5, 5.41) is 7.88. The van der Waals surface area contributed by atoms with Gasteiger partial charge in [-0.1, -0.05) is 78.9 Å². The van der Waals surface area contributed by atoms with Crippen LogP contribution in [-0.2, 0) is 0 Å². The molecule has 0 aliphatic rings. The Morgan fingerprint density at radius 1 is 0.432 bits per heavy atom. The standard InChI is InChI=1S/C34H21NS2/c1-2-11-23(12-3-1)35(24-18-19-32-28(21-24)26-14-6-8-16-30(26)36-32)29-20-22-10-4-5-13-25(22)33-27-15-7-9-17-31(27)37-34(29)33/h1-21H. The zero-order chi connectivity index (χ0) is 24.3. The van der Waals surface area contributed by atoms with Gasteiger partial charge in [-0.3, -0.25) is 0 Å². The van der Waals surface area contributed by atoms with Crippen molar-refractivity contribution in [2.24, 2.45) is 0 Å². The lowest BCUT2D eigenvalue weighted by molar-refractivity contribution is 1.31. The van der Waals surface area contributed by atoms with E-state index in [9.17, 15) is 0 Å². The second-order valence-corrected chi connectivity index (χ2v) is 11.5. The molecule has 0 aliphatic heterocycles. The molecule has 0 aliphatic carbocycles. The van der Waals surface area contributed by atoms with Crippen molar-refractivity contribution in [2.75, 3.05) is 4.90 Å². The highest BCUT2D eigenvalue weighted by atomic mass is 32.1. The van der Waals surface area contributed by atoms with E-state index in [0.29, 0.717) is 0 Å². The third-order valence-electron chi connectivity index (χ3n) is 7.22. The fraction of sp³-hybridized carbons (Fsp3) is 0. The molecule has 8 rings (SSSR count). The lowest BCUT2D eigenvalue weighted by Crippen LogP contribution is -2.10. The van der Waals surface area contributed by atoms with Crippen LogP contribution in [0.25, 0.3) is 51.1 Å². The summed E-state index contributed by atoms with van der Waals surface area (Å²) in [5.74, 6) is 0. The summed E-state index contributed by atoms with van der Waals surface area (Å²) in [6.45, 7) is 0. The molecule has 0 radical (unpaired) electrons. The molecule has 0 atom stereocenters. The van der Waals surface area contributed by atoms with Crippen LogP contribution in [0.1, 0.15) is 0 Å². The lowest BCUT2D eigenvalue weighted by atomic mass is 10.0. The summed E-state index contributed by atoms with van der Waals surface area (Å²) in [6, 6.07) is 46.4. The fourth-order valence-corrected chi connectivity index (χ4v) is 7.89. The smallest absolute Gasteiger partial charge is 0.0646 e. The summed E-state index contributed by atoms with van der Waals surface area (Å²) < 4.78 is 5.29. The number of hydrogen-bond donors (Lipinski definition) is 0. The van der Waals surface area contributed by atoms with Gasteiger partial charge in [-0.25, -0.2) is 0 Å². The number of para-hydroxylation sites is 1. The van der Waals surface area contributed by atoms with E-state index in [4.69, 9.17) is 0 Å². The molecule has 2 aromatic heterocycles. The molecular weight excluding hydrogens is 487 g/mol. The van der Waals surface area contributed by atoms with Crippen molar-refractivity contribution in [3.63, 3.8) is 0 Å². The van der Waals surface area contributed by atoms with Crippen LogP contribution in [-0.4, -0.2) is 0 Å². The molecule has 0 unspecified atom stereocenters. The third-order valence-corrected chi connectivity index (χ3v) is 9.57. The molecule has 8 aromatic rings. The van der Waals surface area contributed by atoms with Gasteiger partial charge in [0.2, 0.25) is 0 Å². The number of benzene rings is 6. The van der Waals surface area contributed by atoms with Crippen molar-refractivity contribution in [1.82, 2.24) is 0 Å². The van der Waals surface area contributed by atoms with Crippen molar-refractivity contribution < 1.29 is 0 Å². The van der Waals surface area contributed by atoms with Gasteiger partial charge in [0.25, 0.3) is 0 Å². The van der Waals surface area contributed by atoms with Crippen molar-refractivity contribution >= 4 is 90.9 Å². The van der Waals surface area contributed by atoms with Gasteiger partial charge in [-0.2, -0.15) is 0 Å². The molecule has 6 aromatic carbocycles. The average molecular weight is 508 g/mol. The van der Waals surface area contributed by atoms with Gasteiger partial charge in [0.1, 0.15) is 0 Å². The Kier molecular flexibility index (Phi) is 4.63. The van der Waals surface area contributed by atoms with Crippen LogP contribution in [0.4, 0.5) is 17.1 Å². The molecule has 37 heavy (non-hydrogen) atoms. The summed E-state index contributed by atoms with van der Waals surface area (Å²) in [4.78, 5) is 2.44. The Bertz CT molecular complexity index is 2100. The predicted molar refractivity (Wildman–Crippen MR) is 164 cm³/mol. The Labute approximate surface area is 222 Å². The first-order valence-electron chi connectivity index (χ1n) is 12.4. The molecule has 0 N–H and O–H groups in total. The summed E-state index contributed by atoms with van der Waals surface area (Å²) in [7, 11) is 0. The molecule has 2 heterocycles. The average Bonchev–Trinajstić information content (AvgIpc) is 3.53. The highest BCUT2D eigenvalue weighted by Gasteiger charge is 2.21. The summed E-state index contributed by atoms with van der Waals surface area (Å²) >= 11 is 3.75. The molecule has 0 spiro atoms. The van der Waals surface area contributed by atoms with Crippen molar-refractivity contribution in [1.29, 1.82) is 0 Å². The van der Waals surface area contributed by atoms with E-state index < -0.39 is 0 Å². The number of nitrogens with zero attached hydrogens (tertiary/aromatic N) is 1. The maximum atomic E-state index is 2.44. The van der Waals surface area contributed by atoms with Crippen LogP contribution in [0.15, 0.2) is 127 Å². The lowest BCUT2D eigenvalue weighted by Gasteiger charge is -2.26. The van der Waals surface area contributed by atoms with E-state index in [1.54, 1.807) is 0 Å². The molecule has 0 saturated heterocycles. The van der Waals surface area contributed by atoms with E-state index in [-0.39, 0.29) is 0 Å². The van der Waals surface area contributed by atoms with Crippen LogP contribution < -0.4 is 4.90 Å². The number of thiophene rings is 2. The minimum Gasteiger partial charge on any atom is -0.309 e. The highest BCUT2D eigenvalue weighted by Crippen LogP contribution is 2.48. The molecule has 0 bridgehead atoms. The van der Waals surface area contributed by atoms with E-state index in [1.165, 1.54) is 62.5 Å². The van der Waals surface area contributed by atoms with Crippen LogP contribution in [0, 0.1) is 0 Å². The first-order chi connectivity index (χ1) is 18.3.